The molecule has 1 fully saturated rings. The summed E-state index contributed by atoms with van der Waals surface area (Å²) >= 11 is 1.29. The summed E-state index contributed by atoms with van der Waals surface area (Å²) in [5.74, 6) is 0.260. The molecular weight excluding hydrogens is 364 g/mol. The van der Waals surface area contributed by atoms with Gasteiger partial charge in [0, 0.05) is 39.1 Å². The molecule has 3 rings (SSSR count). The SMILES string of the molecule is CC(=O)N1CCN(C(=O)CSc2nc3ccccc3c(=O)n2C(C)C)CC1. The maximum absolute atomic E-state index is 12.8. The number of amides is 2. The topological polar surface area (TPSA) is 75.5 Å². The first-order valence-corrected chi connectivity index (χ1v) is 10.0. The summed E-state index contributed by atoms with van der Waals surface area (Å²) in [6.45, 7) is 7.63. The van der Waals surface area contributed by atoms with E-state index in [9.17, 15) is 14.4 Å². The van der Waals surface area contributed by atoms with Crippen molar-refractivity contribution in [2.45, 2.75) is 32.0 Å². The molecule has 1 aliphatic heterocycles. The van der Waals surface area contributed by atoms with Crippen LogP contribution >= 0.6 is 11.8 Å². The number of thioether (sulfide) groups is 1. The van der Waals surface area contributed by atoms with E-state index < -0.39 is 0 Å². The van der Waals surface area contributed by atoms with Crippen molar-refractivity contribution in [2.75, 3.05) is 31.9 Å². The number of para-hydroxylation sites is 1. The molecule has 144 valence electrons. The lowest BCUT2D eigenvalue weighted by Crippen LogP contribution is -2.50. The summed E-state index contributed by atoms with van der Waals surface area (Å²) in [6, 6.07) is 7.22. The van der Waals surface area contributed by atoms with E-state index in [-0.39, 0.29) is 29.2 Å². The van der Waals surface area contributed by atoms with Gasteiger partial charge in [0.05, 0.1) is 16.7 Å². The summed E-state index contributed by atoms with van der Waals surface area (Å²) in [7, 11) is 0. The molecule has 0 radical (unpaired) electrons. The van der Waals surface area contributed by atoms with E-state index in [0.29, 0.717) is 42.2 Å². The molecule has 1 aromatic carbocycles. The van der Waals surface area contributed by atoms with Crippen LogP contribution in [0.4, 0.5) is 0 Å². The Morgan fingerprint density at radius 1 is 1.11 bits per heavy atom. The maximum Gasteiger partial charge on any atom is 0.262 e. The second-order valence-electron chi connectivity index (χ2n) is 6.86. The minimum Gasteiger partial charge on any atom is -0.339 e. The standard InChI is InChI=1S/C19H24N4O3S/c1-13(2)23-18(26)15-6-4-5-7-16(15)20-19(23)27-12-17(25)22-10-8-21(9-11-22)14(3)24/h4-7,13H,8-12H2,1-3H3. The maximum atomic E-state index is 12.8. The monoisotopic (exact) mass is 388 g/mol. The quantitative estimate of drug-likeness (QED) is 0.589. The number of carbonyl (C=O) groups excluding carboxylic acids is 2. The van der Waals surface area contributed by atoms with Gasteiger partial charge in [-0.1, -0.05) is 23.9 Å². The molecule has 2 heterocycles. The van der Waals surface area contributed by atoms with Crippen LogP contribution in [0.2, 0.25) is 0 Å². The molecule has 0 N–H and O–H groups in total. The van der Waals surface area contributed by atoms with Gasteiger partial charge in [-0.3, -0.25) is 19.0 Å². The molecule has 0 bridgehead atoms. The Kier molecular flexibility index (Phi) is 5.84. The van der Waals surface area contributed by atoms with Crippen LogP contribution < -0.4 is 5.56 Å². The van der Waals surface area contributed by atoms with Crippen LogP contribution in [-0.2, 0) is 9.59 Å². The number of hydrogen-bond acceptors (Lipinski definition) is 5. The summed E-state index contributed by atoms with van der Waals surface area (Å²) in [4.78, 5) is 44.9. The van der Waals surface area contributed by atoms with E-state index in [4.69, 9.17) is 0 Å². The lowest BCUT2D eigenvalue weighted by Gasteiger charge is -2.34. The van der Waals surface area contributed by atoms with E-state index in [1.54, 1.807) is 27.4 Å². The third kappa shape index (κ3) is 4.16. The third-order valence-electron chi connectivity index (χ3n) is 4.69. The Hall–Kier alpha value is -2.35. The normalized spacial score (nSPS) is 14.8. The highest BCUT2D eigenvalue weighted by Gasteiger charge is 2.23. The first-order chi connectivity index (χ1) is 12.9. The van der Waals surface area contributed by atoms with Crippen molar-refractivity contribution in [3.8, 4) is 0 Å². The molecule has 8 heteroatoms. The lowest BCUT2D eigenvalue weighted by atomic mass is 10.2. The Bertz CT molecular complexity index is 917. The summed E-state index contributed by atoms with van der Waals surface area (Å²) in [6.07, 6.45) is 0. The molecule has 1 aromatic heterocycles. The average molecular weight is 388 g/mol. The largest absolute Gasteiger partial charge is 0.339 e. The van der Waals surface area contributed by atoms with Crippen LogP contribution in [0.15, 0.2) is 34.2 Å². The van der Waals surface area contributed by atoms with E-state index >= 15 is 0 Å². The summed E-state index contributed by atoms with van der Waals surface area (Å²) in [5, 5.41) is 1.15. The van der Waals surface area contributed by atoms with E-state index in [1.807, 2.05) is 32.0 Å². The van der Waals surface area contributed by atoms with Crippen molar-refractivity contribution in [2.24, 2.45) is 0 Å². The Balaban J connectivity index is 1.75. The molecule has 0 saturated carbocycles. The van der Waals surface area contributed by atoms with Crippen LogP contribution in [0.3, 0.4) is 0 Å². The number of fused-ring (bicyclic) bond motifs is 1. The van der Waals surface area contributed by atoms with Gasteiger partial charge in [0.15, 0.2) is 5.16 Å². The van der Waals surface area contributed by atoms with Gasteiger partial charge in [-0.15, -0.1) is 0 Å². The molecule has 27 heavy (non-hydrogen) atoms. The molecule has 0 atom stereocenters. The Labute approximate surface area is 162 Å². The zero-order valence-electron chi connectivity index (χ0n) is 15.8. The molecule has 0 spiro atoms. The number of nitrogens with zero attached hydrogens (tertiary/aromatic N) is 4. The van der Waals surface area contributed by atoms with Gasteiger partial charge in [-0.05, 0) is 26.0 Å². The summed E-state index contributed by atoms with van der Waals surface area (Å²) < 4.78 is 1.65. The van der Waals surface area contributed by atoms with E-state index in [1.165, 1.54) is 11.8 Å². The van der Waals surface area contributed by atoms with Crippen LogP contribution in [0, 0.1) is 0 Å². The second-order valence-corrected chi connectivity index (χ2v) is 7.80. The highest BCUT2D eigenvalue weighted by atomic mass is 32.2. The Morgan fingerprint density at radius 2 is 1.74 bits per heavy atom. The fourth-order valence-corrected chi connectivity index (χ4v) is 4.20. The molecular formula is C19H24N4O3S. The molecule has 1 saturated heterocycles. The van der Waals surface area contributed by atoms with Gasteiger partial charge < -0.3 is 9.80 Å². The van der Waals surface area contributed by atoms with Gasteiger partial charge in [-0.25, -0.2) is 4.98 Å². The number of benzene rings is 1. The second kappa shape index (κ2) is 8.12. The molecule has 0 aliphatic carbocycles. The third-order valence-corrected chi connectivity index (χ3v) is 5.63. The highest BCUT2D eigenvalue weighted by molar-refractivity contribution is 7.99. The zero-order valence-corrected chi connectivity index (χ0v) is 16.7. The molecule has 2 amide bonds. The van der Waals surface area contributed by atoms with Gasteiger partial charge in [0.1, 0.15) is 0 Å². The lowest BCUT2D eigenvalue weighted by molar-refractivity contribution is -0.136. The van der Waals surface area contributed by atoms with Crippen molar-refractivity contribution in [1.29, 1.82) is 0 Å². The van der Waals surface area contributed by atoms with Gasteiger partial charge in [0.2, 0.25) is 11.8 Å². The smallest absolute Gasteiger partial charge is 0.262 e. The molecule has 7 nitrogen and oxygen atoms in total. The van der Waals surface area contributed by atoms with Gasteiger partial charge in [-0.2, -0.15) is 0 Å². The fraction of sp³-hybridized carbons (Fsp3) is 0.474. The van der Waals surface area contributed by atoms with Crippen LogP contribution in [0.25, 0.3) is 10.9 Å². The molecule has 1 aliphatic rings. The van der Waals surface area contributed by atoms with Crippen LogP contribution in [-0.4, -0.2) is 63.1 Å². The van der Waals surface area contributed by atoms with Crippen LogP contribution in [0.1, 0.15) is 26.8 Å². The predicted octanol–water partition coefficient (Wildman–Crippen LogP) is 1.76. The number of rotatable bonds is 4. The first kappa shape index (κ1) is 19.4. The van der Waals surface area contributed by atoms with Crippen molar-refractivity contribution >= 4 is 34.5 Å². The van der Waals surface area contributed by atoms with E-state index in [2.05, 4.69) is 4.98 Å². The van der Waals surface area contributed by atoms with Gasteiger partial charge >= 0.3 is 0 Å². The van der Waals surface area contributed by atoms with Crippen molar-refractivity contribution in [1.82, 2.24) is 19.4 Å². The van der Waals surface area contributed by atoms with Gasteiger partial charge in [0.25, 0.3) is 5.56 Å². The zero-order chi connectivity index (χ0) is 19.6. The Morgan fingerprint density at radius 3 is 2.37 bits per heavy atom. The molecule has 2 aromatic rings. The predicted molar refractivity (Wildman–Crippen MR) is 106 cm³/mol. The van der Waals surface area contributed by atoms with Crippen molar-refractivity contribution < 1.29 is 9.59 Å². The fourth-order valence-electron chi connectivity index (χ4n) is 3.17. The average Bonchev–Trinajstić information content (AvgIpc) is 2.66. The number of carbonyl (C=O) groups is 2. The minimum absolute atomic E-state index is 0.000848. The van der Waals surface area contributed by atoms with Crippen LogP contribution in [0.5, 0.6) is 0 Å². The molecule has 0 unspecified atom stereocenters. The minimum atomic E-state index is -0.0828. The van der Waals surface area contributed by atoms with Crippen molar-refractivity contribution in [3.05, 3.63) is 34.6 Å². The number of hydrogen-bond donors (Lipinski definition) is 0. The summed E-state index contributed by atoms with van der Waals surface area (Å²) in [5.41, 5.74) is 0.560. The number of aromatic nitrogens is 2. The van der Waals surface area contributed by atoms with Crippen molar-refractivity contribution in [3.63, 3.8) is 0 Å². The number of piperazine rings is 1. The van der Waals surface area contributed by atoms with E-state index in [0.717, 1.165) is 0 Å². The first-order valence-electron chi connectivity index (χ1n) is 9.06. The highest BCUT2D eigenvalue weighted by Crippen LogP contribution is 2.21.